The van der Waals surface area contributed by atoms with Crippen molar-refractivity contribution in [1.82, 2.24) is 10.4 Å². The summed E-state index contributed by atoms with van der Waals surface area (Å²) in [6.07, 6.45) is -2.10. The molecule has 0 aliphatic rings. The number of carbonyl (C=O) groups is 2. The van der Waals surface area contributed by atoms with Gasteiger partial charge in [0.1, 0.15) is 11.9 Å². The summed E-state index contributed by atoms with van der Waals surface area (Å²) in [7, 11) is 1.49. The van der Waals surface area contributed by atoms with Gasteiger partial charge >= 0.3 is 18.0 Å². The number of nitrogens with one attached hydrogen (secondary N) is 1. The Morgan fingerprint density at radius 3 is 2.11 bits per heavy atom. The molecule has 148 valence electrons. The van der Waals surface area contributed by atoms with Crippen LogP contribution in [-0.4, -0.2) is 41.4 Å². The average Bonchev–Trinajstić information content (AvgIpc) is 2.56. The van der Waals surface area contributed by atoms with Crippen molar-refractivity contribution in [3.63, 3.8) is 0 Å². The number of nitrogens with zero attached hydrogens (tertiary/aromatic N) is 2. The first-order valence-electron chi connectivity index (χ1n) is 8.12. The van der Waals surface area contributed by atoms with E-state index in [4.69, 9.17) is 14.2 Å². The maximum Gasteiger partial charge on any atom is 0.532 e. The highest BCUT2D eigenvalue weighted by molar-refractivity contribution is 5.76. The molecule has 10 nitrogen and oxygen atoms in total. The molecule has 10 heteroatoms. The minimum absolute atomic E-state index is 0.398. The Balaban J connectivity index is 3.24. The topological polar surface area (TPSA) is 120 Å². The van der Waals surface area contributed by atoms with Crippen LogP contribution in [0.1, 0.15) is 33.3 Å². The third kappa shape index (κ3) is 7.22. The Bertz CT molecular complexity index is 699. The maximum atomic E-state index is 12.3. The number of nitro groups is 1. The van der Waals surface area contributed by atoms with Gasteiger partial charge in [0.05, 0.1) is 13.2 Å². The molecule has 0 saturated carbocycles. The molecule has 0 spiro atoms. The van der Waals surface area contributed by atoms with E-state index in [0.29, 0.717) is 16.3 Å². The zero-order chi connectivity index (χ0) is 20.6. The fourth-order valence-electron chi connectivity index (χ4n) is 1.83. The van der Waals surface area contributed by atoms with Crippen LogP contribution in [0.25, 0.3) is 6.08 Å². The van der Waals surface area contributed by atoms with Crippen molar-refractivity contribution < 1.29 is 28.7 Å². The van der Waals surface area contributed by atoms with Crippen molar-refractivity contribution >= 4 is 18.3 Å². The lowest BCUT2D eigenvalue weighted by Gasteiger charge is -2.18. The number of benzene rings is 1. The van der Waals surface area contributed by atoms with Gasteiger partial charge in [0, 0.05) is 6.08 Å². The Morgan fingerprint density at radius 2 is 1.67 bits per heavy atom. The molecule has 1 aromatic carbocycles. The van der Waals surface area contributed by atoms with Crippen molar-refractivity contribution in [3.8, 4) is 5.75 Å². The number of amides is 2. The Morgan fingerprint density at radius 1 is 1.11 bits per heavy atom. The van der Waals surface area contributed by atoms with E-state index in [9.17, 15) is 19.7 Å². The lowest BCUT2D eigenvalue weighted by atomic mass is 10.2. The van der Waals surface area contributed by atoms with E-state index in [1.807, 2.05) is 5.43 Å². The van der Waals surface area contributed by atoms with Crippen molar-refractivity contribution in [3.05, 3.63) is 45.8 Å². The summed E-state index contributed by atoms with van der Waals surface area (Å²) in [5.41, 5.74) is 2.45. The molecule has 0 aliphatic heterocycles. The number of hydrogen-bond donors (Lipinski definition) is 1. The largest absolute Gasteiger partial charge is 0.532 e. The number of rotatable bonds is 6. The van der Waals surface area contributed by atoms with Crippen LogP contribution in [0.15, 0.2) is 30.1 Å². The second kappa shape index (κ2) is 10.00. The van der Waals surface area contributed by atoms with Gasteiger partial charge in [-0.3, -0.25) is 0 Å². The highest BCUT2D eigenvalue weighted by atomic mass is 16.6. The lowest BCUT2D eigenvalue weighted by Crippen LogP contribution is -2.48. The van der Waals surface area contributed by atoms with Crippen LogP contribution in [0.3, 0.4) is 0 Å². The Kier molecular flexibility index (Phi) is 8.05. The number of ether oxygens (including phenoxy) is 3. The summed E-state index contributed by atoms with van der Waals surface area (Å²) in [6, 6.07) is 6.31. The van der Waals surface area contributed by atoms with Gasteiger partial charge in [0.2, 0.25) is 0 Å². The SMILES string of the molecule is COc1ccc(/C=C(\N(NC(=O)OC(C)C)C(=O)OC(C)C)[N+](=O)[O-])cc1. The highest BCUT2D eigenvalue weighted by Crippen LogP contribution is 2.16. The molecule has 0 radical (unpaired) electrons. The molecule has 2 amide bonds. The quantitative estimate of drug-likeness (QED) is 0.593. The molecule has 27 heavy (non-hydrogen) atoms. The van der Waals surface area contributed by atoms with Crippen LogP contribution in [-0.2, 0) is 9.47 Å². The zero-order valence-electron chi connectivity index (χ0n) is 15.8. The molecule has 0 saturated heterocycles. The van der Waals surface area contributed by atoms with Crippen molar-refractivity contribution in [2.75, 3.05) is 7.11 Å². The molecule has 0 fully saturated rings. The van der Waals surface area contributed by atoms with E-state index in [2.05, 4.69) is 0 Å². The predicted molar refractivity (Wildman–Crippen MR) is 96.2 cm³/mol. The molecular weight excluding hydrogens is 358 g/mol. The molecule has 1 aromatic rings. The molecule has 1 rings (SSSR count). The first-order chi connectivity index (χ1) is 12.6. The van der Waals surface area contributed by atoms with E-state index < -0.39 is 35.1 Å². The van der Waals surface area contributed by atoms with Crippen LogP contribution in [0.2, 0.25) is 0 Å². The van der Waals surface area contributed by atoms with E-state index in [-0.39, 0.29) is 0 Å². The maximum absolute atomic E-state index is 12.3. The smallest absolute Gasteiger partial charge is 0.497 e. The predicted octanol–water partition coefficient (Wildman–Crippen LogP) is 3.17. The van der Waals surface area contributed by atoms with Gasteiger partial charge in [-0.15, -0.1) is 5.43 Å². The summed E-state index contributed by atoms with van der Waals surface area (Å²) in [4.78, 5) is 34.9. The number of carbonyl (C=O) groups excluding carboxylic acids is 2. The molecule has 0 atom stereocenters. The third-order valence-corrected chi connectivity index (χ3v) is 2.89. The van der Waals surface area contributed by atoms with Crippen molar-refractivity contribution in [2.24, 2.45) is 0 Å². The number of methoxy groups -OCH3 is 1. The molecule has 0 aromatic heterocycles. The van der Waals surface area contributed by atoms with Gasteiger partial charge in [0.15, 0.2) is 0 Å². The summed E-state index contributed by atoms with van der Waals surface area (Å²) in [5, 5.41) is 11.9. The van der Waals surface area contributed by atoms with Gasteiger partial charge in [0.25, 0.3) is 0 Å². The Labute approximate surface area is 156 Å². The van der Waals surface area contributed by atoms with Gasteiger partial charge in [-0.05, 0) is 55.3 Å². The summed E-state index contributed by atoms with van der Waals surface area (Å²) < 4.78 is 14.9. The van der Waals surface area contributed by atoms with E-state index in [1.165, 1.54) is 7.11 Å². The second-order valence-corrected chi connectivity index (χ2v) is 5.87. The summed E-state index contributed by atoms with van der Waals surface area (Å²) >= 11 is 0. The van der Waals surface area contributed by atoms with Gasteiger partial charge < -0.3 is 24.3 Å². The number of hydrogen-bond acceptors (Lipinski definition) is 7. The van der Waals surface area contributed by atoms with Gasteiger partial charge in [-0.25, -0.2) is 4.79 Å². The molecule has 0 aliphatic carbocycles. The normalized spacial score (nSPS) is 11.1. The standard InChI is InChI=1S/C17H23N3O7/c1-11(2)26-16(21)18-19(17(22)27-12(3)4)15(20(23)24)10-13-6-8-14(25-5)9-7-13/h6-12H,1-5H3,(H,18,21)/b15-10+. The van der Waals surface area contributed by atoms with Crippen LogP contribution >= 0.6 is 0 Å². The van der Waals surface area contributed by atoms with E-state index in [1.54, 1.807) is 52.0 Å². The summed E-state index contributed by atoms with van der Waals surface area (Å²) in [5.74, 6) is -0.156. The fraction of sp³-hybridized carbons (Fsp3) is 0.412. The van der Waals surface area contributed by atoms with Gasteiger partial charge in [-0.2, -0.15) is 4.79 Å². The lowest BCUT2D eigenvalue weighted by molar-refractivity contribution is -0.443. The molecule has 0 unspecified atom stereocenters. The molecule has 0 heterocycles. The zero-order valence-corrected chi connectivity index (χ0v) is 15.8. The van der Waals surface area contributed by atoms with E-state index >= 15 is 0 Å². The van der Waals surface area contributed by atoms with Crippen molar-refractivity contribution in [1.29, 1.82) is 0 Å². The molecular formula is C17H23N3O7. The van der Waals surface area contributed by atoms with E-state index in [0.717, 1.165) is 6.08 Å². The molecule has 0 bridgehead atoms. The van der Waals surface area contributed by atoms with Crippen LogP contribution in [0.4, 0.5) is 9.59 Å². The minimum atomic E-state index is -1.12. The average molecular weight is 381 g/mol. The Hall–Kier alpha value is -3.30. The van der Waals surface area contributed by atoms with Gasteiger partial charge in [-0.1, -0.05) is 12.1 Å². The number of hydrazine groups is 1. The molecule has 1 N–H and O–H groups in total. The van der Waals surface area contributed by atoms with Crippen LogP contribution in [0.5, 0.6) is 5.75 Å². The second-order valence-electron chi connectivity index (χ2n) is 5.87. The minimum Gasteiger partial charge on any atom is -0.497 e. The third-order valence-electron chi connectivity index (χ3n) is 2.89. The first kappa shape index (κ1) is 21.7. The summed E-state index contributed by atoms with van der Waals surface area (Å²) in [6.45, 7) is 6.33. The monoisotopic (exact) mass is 381 g/mol. The van der Waals surface area contributed by atoms with Crippen LogP contribution in [0, 0.1) is 10.1 Å². The highest BCUT2D eigenvalue weighted by Gasteiger charge is 2.35. The van der Waals surface area contributed by atoms with Crippen LogP contribution < -0.4 is 10.2 Å². The fourth-order valence-corrected chi connectivity index (χ4v) is 1.83. The van der Waals surface area contributed by atoms with Crippen molar-refractivity contribution in [2.45, 2.75) is 39.9 Å². The first-order valence-corrected chi connectivity index (χ1v) is 8.12.